The first-order valence-electron chi connectivity index (χ1n) is 17.4. The molecule has 1 aromatic carbocycles. The second-order valence-electron chi connectivity index (χ2n) is 12.2. The van der Waals surface area contributed by atoms with Crippen molar-refractivity contribution in [3.05, 3.63) is 42.0 Å². The molecule has 0 heterocycles. The molecule has 0 aliphatic carbocycles. The van der Waals surface area contributed by atoms with Crippen LogP contribution in [0.4, 0.5) is 0 Å². The van der Waals surface area contributed by atoms with Crippen LogP contribution in [0.25, 0.3) is 0 Å². The number of ketones is 1. The standard InChI is InChI=1S/C37H59NO8/c1-5-8-10-13-16-19-30(39)20-17-14-11-12-15-18-21-32(37(44,26-7-3)36(42)43)34(40)38-33(35(41)45-4)28-29-22-24-31(25-23-29)46-27-9-6-2/h18,21-25,32-33,44H,5-17,19-20,26-28H2,1-4H3,(H,38,40)(H,42,43)/b21-18+/t32-,33+,37+/m1/s1. The zero-order valence-corrected chi connectivity index (χ0v) is 28.7. The Kier molecular flexibility index (Phi) is 21.3. The number of carbonyl (C=O) groups is 4. The van der Waals surface area contributed by atoms with Crippen LogP contribution in [0.15, 0.2) is 36.4 Å². The van der Waals surface area contributed by atoms with Gasteiger partial charge in [-0.25, -0.2) is 9.59 Å². The number of hydrogen-bond donors (Lipinski definition) is 3. The Balaban J connectivity index is 2.81. The molecule has 1 aromatic rings. The summed E-state index contributed by atoms with van der Waals surface area (Å²) >= 11 is 0. The Labute approximate surface area is 276 Å². The largest absolute Gasteiger partial charge is 0.494 e. The van der Waals surface area contributed by atoms with Crippen molar-refractivity contribution in [1.29, 1.82) is 0 Å². The van der Waals surface area contributed by atoms with Gasteiger partial charge < -0.3 is 25.0 Å². The summed E-state index contributed by atoms with van der Waals surface area (Å²) in [5.41, 5.74) is -1.59. The van der Waals surface area contributed by atoms with E-state index in [4.69, 9.17) is 9.47 Å². The number of benzene rings is 1. The van der Waals surface area contributed by atoms with Gasteiger partial charge in [0.15, 0.2) is 5.60 Å². The summed E-state index contributed by atoms with van der Waals surface area (Å²) in [6.07, 6.45) is 16.5. The first-order valence-corrected chi connectivity index (χ1v) is 17.4. The van der Waals surface area contributed by atoms with Crippen LogP contribution in [-0.2, 0) is 30.3 Å². The molecular weight excluding hydrogens is 586 g/mol. The molecule has 0 saturated carbocycles. The molecule has 3 N–H and O–H groups in total. The lowest BCUT2D eigenvalue weighted by molar-refractivity contribution is -0.167. The molecule has 9 heteroatoms. The van der Waals surface area contributed by atoms with E-state index >= 15 is 0 Å². The molecule has 0 aromatic heterocycles. The zero-order chi connectivity index (χ0) is 34.2. The van der Waals surface area contributed by atoms with Crippen molar-refractivity contribution in [3.63, 3.8) is 0 Å². The van der Waals surface area contributed by atoms with Crippen LogP contribution < -0.4 is 10.1 Å². The van der Waals surface area contributed by atoms with Gasteiger partial charge in [-0.3, -0.25) is 9.59 Å². The number of allylic oxidation sites excluding steroid dienone is 1. The quantitative estimate of drug-likeness (QED) is 0.0522. The summed E-state index contributed by atoms with van der Waals surface area (Å²) in [6, 6.07) is 6.11. The molecule has 0 aliphatic rings. The summed E-state index contributed by atoms with van der Waals surface area (Å²) in [5, 5.41) is 23.8. The van der Waals surface area contributed by atoms with E-state index in [1.54, 1.807) is 37.3 Å². The number of nitrogens with one attached hydrogen (secondary N) is 1. The molecule has 3 atom stereocenters. The van der Waals surface area contributed by atoms with Crippen molar-refractivity contribution >= 4 is 23.6 Å². The third kappa shape index (κ3) is 15.9. The first kappa shape index (κ1) is 40.8. The highest BCUT2D eigenvalue weighted by Gasteiger charge is 2.46. The molecule has 0 fully saturated rings. The Hall–Kier alpha value is -3.20. The van der Waals surface area contributed by atoms with Gasteiger partial charge in [0.2, 0.25) is 5.91 Å². The predicted octanol–water partition coefficient (Wildman–Crippen LogP) is 7.12. The Morgan fingerprint density at radius 2 is 1.46 bits per heavy atom. The van der Waals surface area contributed by atoms with Gasteiger partial charge in [-0.2, -0.15) is 0 Å². The normalized spacial score (nSPS) is 13.9. The minimum absolute atomic E-state index is 0.116. The van der Waals surface area contributed by atoms with Crippen molar-refractivity contribution in [2.75, 3.05) is 13.7 Å². The molecule has 1 rings (SSSR count). The van der Waals surface area contributed by atoms with Crippen molar-refractivity contribution < 1.29 is 38.9 Å². The fraction of sp³-hybridized carbons (Fsp3) is 0.676. The van der Waals surface area contributed by atoms with E-state index in [0.29, 0.717) is 43.8 Å². The summed E-state index contributed by atoms with van der Waals surface area (Å²) < 4.78 is 10.6. The van der Waals surface area contributed by atoms with E-state index < -0.39 is 35.4 Å². The molecule has 1 amide bonds. The predicted molar refractivity (Wildman–Crippen MR) is 181 cm³/mol. The van der Waals surface area contributed by atoms with E-state index in [0.717, 1.165) is 56.9 Å². The molecule has 46 heavy (non-hydrogen) atoms. The molecule has 260 valence electrons. The van der Waals surface area contributed by atoms with E-state index in [1.807, 2.05) is 0 Å². The number of ether oxygens (including phenoxy) is 2. The van der Waals surface area contributed by atoms with E-state index in [-0.39, 0.29) is 12.8 Å². The van der Waals surface area contributed by atoms with E-state index in [1.165, 1.54) is 32.4 Å². The van der Waals surface area contributed by atoms with Crippen LogP contribution in [0.3, 0.4) is 0 Å². The minimum Gasteiger partial charge on any atom is -0.494 e. The second kappa shape index (κ2) is 24.0. The highest BCUT2D eigenvalue weighted by molar-refractivity contribution is 5.92. The van der Waals surface area contributed by atoms with Crippen LogP contribution in [0.2, 0.25) is 0 Å². The van der Waals surface area contributed by atoms with Gasteiger partial charge in [-0.15, -0.1) is 0 Å². The van der Waals surface area contributed by atoms with Gasteiger partial charge in [0.1, 0.15) is 17.6 Å². The molecule has 9 nitrogen and oxygen atoms in total. The lowest BCUT2D eigenvalue weighted by Crippen LogP contribution is -2.54. The average molecular weight is 646 g/mol. The summed E-state index contributed by atoms with van der Waals surface area (Å²) in [6.45, 7) is 6.60. The SMILES string of the molecule is CCCCCCCC(=O)CCCCCC/C=C/[C@H](C(=O)N[C@@H](Cc1ccc(OCCCC)cc1)C(=O)OC)[C@@](O)(CCC)C(=O)O. The number of hydrogen-bond acceptors (Lipinski definition) is 7. The maximum Gasteiger partial charge on any atom is 0.336 e. The number of rotatable bonds is 27. The highest BCUT2D eigenvalue weighted by atomic mass is 16.5. The number of unbranched alkanes of at least 4 members (excludes halogenated alkanes) is 9. The van der Waals surface area contributed by atoms with E-state index in [9.17, 15) is 29.4 Å². The van der Waals surface area contributed by atoms with Gasteiger partial charge in [0, 0.05) is 19.3 Å². The van der Waals surface area contributed by atoms with Crippen LogP contribution in [0, 0.1) is 5.92 Å². The molecule has 0 bridgehead atoms. The number of Topliss-reactive ketones (excluding diaryl/α,β-unsaturated/α-hetero) is 1. The van der Waals surface area contributed by atoms with Crippen molar-refractivity contribution in [1.82, 2.24) is 5.32 Å². The molecule has 0 radical (unpaired) electrons. The topological polar surface area (TPSA) is 139 Å². The smallest absolute Gasteiger partial charge is 0.336 e. The zero-order valence-electron chi connectivity index (χ0n) is 28.7. The average Bonchev–Trinajstić information content (AvgIpc) is 3.04. The first-order chi connectivity index (χ1) is 22.1. The number of carboxylic acid groups (broad SMARTS) is 1. The Morgan fingerprint density at radius 1 is 0.848 bits per heavy atom. The summed E-state index contributed by atoms with van der Waals surface area (Å²) in [5.74, 6) is -3.33. The lowest BCUT2D eigenvalue weighted by atomic mass is 9.82. The summed E-state index contributed by atoms with van der Waals surface area (Å²) in [4.78, 5) is 50.5. The molecular formula is C37H59NO8. The Morgan fingerprint density at radius 3 is 2.02 bits per heavy atom. The number of aliphatic hydroxyl groups is 1. The maximum absolute atomic E-state index is 13.5. The van der Waals surface area contributed by atoms with E-state index in [2.05, 4.69) is 19.2 Å². The van der Waals surface area contributed by atoms with Crippen LogP contribution in [0.1, 0.15) is 129 Å². The number of aliphatic carboxylic acids is 1. The second-order valence-corrected chi connectivity index (χ2v) is 12.2. The number of esters is 1. The maximum atomic E-state index is 13.5. The fourth-order valence-electron chi connectivity index (χ4n) is 5.35. The van der Waals surface area contributed by atoms with Gasteiger partial charge in [0.25, 0.3) is 0 Å². The van der Waals surface area contributed by atoms with Crippen LogP contribution in [0.5, 0.6) is 5.75 Å². The molecule has 0 unspecified atom stereocenters. The third-order valence-electron chi connectivity index (χ3n) is 8.19. The van der Waals surface area contributed by atoms with Crippen LogP contribution >= 0.6 is 0 Å². The molecule has 0 saturated heterocycles. The van der Waals surface area contributed by atoms with Crippen molar-refractivity contribution in [2.45, 2.75) is 142 Å². The minimum atomic E-state index is -2.34. The number of carboxylic acids is 1. The van der Waals surface area contributed by atoms with Crippen LogP contribution in [-0.4, -0.2) is 59.2 Å². The van der Waals surface area contributed by atoms with Gasteiger partial charge in [0.05, 0.1) is 19.6 Å². The fourth-order valence-corrected chi connectivity index (χ4v) is 5.35. The third-order valence-corrected chi connectivity index (χ3v) is 8.19. The van der Waals surface area contributed by atoms with Gasteiger partial charge >= 0.3 is 11.9 Å². The molecule has 0 spiro atoms. The number of methoxy groups -OCH3 is 1. The number of carbonyl (C=O) groups excluding carboxylic acids is 3. The highest BCUT2D eigenvalue weighted by Crippen LogP contribution is 2.27. The van der Waals surface area contributed by atoms with Gasteiger partial charge in [-0.1, -0.05) is 96.4 Å². The lowest BCUT2D eigenvalue weighted by Gasteiger charge is -2.30. The van der Waals surface area contributed by atoms with Crippen molar-refractivity contribution in [3.8, 4) is 5.75 Å². The monoisotopic (exact) mass is 645 g/mol. The number of amides is 1. The van der Waals surface area contributed by atoms with Crippen molar-refractivity contribution in [2.24, 2.45) is 5.92 Å². The van der Waals surface area contributed by atoms with Gasteiger partial charge in [-0.05, 0) is 56.2 Å². The molecule has 0 aliphatic heterocycles. The Bertz CT molecular complexity index is 1050. The summed E-state index contributed by atoms with van der Waals surface area (Å²) in [7, 11) is 1.22.